The van der Waals surface area contributed by atoms with E-state index in [2.05, 4.69) is 5.32 Å². The first kappa shape index (κ1) is 25.5. The number of benzene rings is 3. The SMILES string of the molecule is COc1ccc(C(=O)Nc2ccc(C3=CC=C(F)C=CC3)cc2)cc1OCCc1ccc(Cl)cc1Cl. The molecular weight excluding hydrogens is 500 g/mol. The Labute approximate surface area is 219 Å². The zero-order valence-corrected chi connectivity index (χ0v) is 21.1. The molecule has 0 atom stereocenters. The van der Waals surface area contributed by atoms with Gasteiger partial charge >= 0.3 is 0 Å². The van der Waals surface area contributed by atoms with Gasteiger partial charge in [0.15, 0.2) is 11.5 Å². The highest BCUT2D eigenvalue weighted by Crippen LogP contribution is 2.30. The summed E-state index contributed by atoms with van der Waals surface area (Å²) in [5.74, 6) is 0.427. The minimum absolute atomic E-state index is 0.273. The zero-order chi connectivity index (χ0) is 25.5. The number of methoxy groups -OCH3 is 1. The normalized spacial score (nSPS) is 12.9. The molecule has 0 heterocycles. The van der Waals surface area contributed by atoms with Crippen LogP contribution in [0.4, 0.5) is 10.1 Å². The maximum Gasteiger partial charge on any atom is 0.255 e. The van der Waals surface area contributed by atoms with E-state index in [1.165, 1.54) is 12.2 Å². The molecule has 1 amide bonds. The van der Waals surface area contributed by atoms with Gasteiger partial charge in [0, 0.05) is 27.7 Å². The predicted molar refractivity (Wildman–Crippen MR) is 144 cm³/mol. The Balaban J connectivity index is 1.41. The number of carbonyl (C=O) groups is 1. The highest BCUT2D eigenvalue weighted by atomic mass is 35.5. The first-order valence-electron chi connectivity index (χ1n) is 11.3. The third-order valence-corrected chi connectivity index (χ3v) is 6.23. The second kappa shape index (κ2) is 11.9. The molecule has 0 saturated carbocycles. The maximum atomic E-state index is 13.4. The molecule has 184 valence electrons. The Bertz CT molecular complexity index is 1350. The average molecular weight is 524 g/mol. The molecule has 1 aliphatic rings. The van der Waals surface area contributed by atoms with Crippen molar-refractivity contribution >= 4 is 40.4 Å². The Kier molecular flexibility index (Phi) is 8.47. The number of hydrogen-bond acceptors (Lipinski definition) is 3. The molecule has 0 aromatic heterocycles. The van der Waals surface area contributed by atoms with Gasteiger partial charge in [0.2, 0.25) is 0 Å². The molecule has 0 spiro atoms. The average Bonchev–Trinajstić information content (AvgIpc) is 3.10. The standard InChI is InChI=1S/C29H24Cl2FNO3/c1-35-27-14-9-22(17-28(27)36-16-15-21-5-10-23(30)18-26(21)31)29(34)33-25-12-7-20(8-13-25)19-3-2-4-24(32)11-6-19/h2,4-14,17-18H,3,15-16H2,1H3,(H,33,34). The third-order valence-electron chi connectivity index (χ3n) is 5.64. The smallest absolute Gasteiger partial charge is 0.255 e. The van der Waals surface area contributed by atoms with Gasteiger partial charge in [0.1, 0.15) is 5.83 Å². The molecule has 4 rings (SSSR count). The molecule has 0 fully saturated rings. The number of amides is 1. The van der Waals surface area contributed by atoms with E-state index in [0.717, 1.165) is 16.7 Å². The van der Waals surface area contributed by atoms with Crippen molar-refractivity contribution in [2.75, 3.05) is 19.0 Å². The second-order valence-corrected chi connectivity index (χ2v) is 8.92. The molecule has 3 aromatic rings. The highest BCUT2D eigenvalue weighted by Gasteiger charge is 2.13. The third kappa shape index (κ3) is 6.56. The van der Waals surface area contributed by atoms with E-state index in [4.69, 9.17) is 32.7 Å². The van der Waals surface area contributed by atoms with Crippen molar-refractivity contribution < 1.29 is 18.7 Å². The number of ether oxygens (including phenoxy) is 2. The van der Waals surface area contributed by atoms with Crippen LogP contribution in [0, 0.1) is 0 Å². The van der Waals surface area contributed by atoms with Crippen molar-refractivity contribution in [2.45, 2.75) is 12.8 Å². The largest absolute Gasteiger partial charge is 0.493 e. The highest BCUT2D eigenvalue weighted by molar-refractivity contribution is 6.35. The van der Waals surface area contributed by atoms with Crippen LogP contribution in [-0.4, -0.2) is 19.6 Å². The summed E-state index contributed by atoms with van der Waals surface area (Å²) in [4.78, 5) is 12.9. The van der Waals surface area contributed by atoms with E-state index < -0.39 is 0 Å². The van der Waals surface area contributed by atoms with Gasteiger partial charge in [-0.2, -0.15) is 0 Å². The van der Waals surface area contributed by atoms with Crippen LogP contribution in [0.5, 0.6) is 11.5 Å². The van der Waals surface area contributed by atoms with Crippen LogP contribution in [0.1, 0.15) is 27.9 Å². The molecule has 0 unspecified atom stereocenters. The zero-order valence-electron chi connectivity index (χ0n) is 19.6. The predicted octanol–water partition coefficient (Wildman–Crippen LogP) is 8.07. The molecule has 0 saturated heterocycles. The fraction of sp³-hybridized carbons (Fsp3) is 0.138. The molecule has 0 radical (unpaired) electrons. The summed E-state index contributed by atoms with van der Waals surface area (Å²) in [5, 5.41) is 4.05. The lowest BCUT2D eigenvalue weighted by molar-refractivity contribution is 0.102. The lowest BCUT2D eigenvalue weighted by atomic mass is 10.0. The summed E-state index contributed by atoms with van der Waals surface area (Å²) in [6.45, 7) is 0.342. The van der Waals surface area contributed by atoms with Crippen molar-refractivity contribution in [1.29, 1.82) is 0 Å². The first-order valence-corrected chi connectivity index (χ1v) is 12.1. The molecular formula is C29H24Cl2FNO3. The number of hydrogen-bond donors (Lipinski definition) is 1. The van der Waals surface area contributed by atoms with Gasteiger partial charge in [0.25, 0.3) is 5.91 Å². The Hall–Kier alpha value is -3.54. The molecule has 7 heteroatoms. The van der Waals surface area contributed by atoms with E-state index in [1.807, 2.05) is 30.3 Å². The fourth-order valence-corrected chi connectivity index (χ4v) is 4.22. The lowest BCUT2D eigenvalue weighted by Gasteiger charge is -2.13. The van der Waals surface area contributed by atoms with Crippen LogP contribution in [0.15, 0.2) is 90.8 Å². The van der Waals surface area contributed by atoms with E-state index in [1.54, 1.807) is 49.6 Å². The van der Waals surface area contributed by atoms with Gasteiger partial charge in [0.05, 0.1) is 13.7 Å². The monoisotopic (exact) mass is 523 g/mol. The first-order chi connectivity index (χ1) is 17.4. The van der Waals surface area contributed by atoms with Gasteiger partial charge in [-0.05, 0) is 77.7 Å². The molecule has 36 heavy (non-hydrogen) atoms. The van der Waals surface area contributed by atoms with E-state index in [-0.39, 0.29) is 11.7 Å². The number of rotatable bonds is 8. The van der Waals surface area contributed by atoms with Crippen molar-refractivity contribution in [3.05, 3.63) is 118 Å². The van der Waals surface area contributed by atoms with Gasteiger partial charge in [-0.15, -0.1) is 0 Å². The number of anilines is 1. The Morgan fingerprint density at radius 1 is 1.00 bits per heavy atom. The number of nitrogens with one attached hydrogen (secondary N) is 1. The summed E-state index contributed by atoms with van der Waals surface area (Å²) in [6.07, 6.45) is 7.65. The van der Waals surface area contributed by atoms with Crippen molar-refractivity contribution in [3.63, 3.8) is 0 Å². The Morgan fingerprint density at radius 2 is 1.81 bits per heavy atom. The Morgan fingerprint density at radius 3 is 2.56 bits per heavy atom. The summed E-state index contributed by atoms with van der Waals surface area (Å²) < 4.78 is 24.7. The summed E-state index contributed by atoms with van der Waals surface area (Å²) in [7, 11) is 1.54. The topological polar surface area (TPSA) is 47.6 Å². The quantitative estimate of drug-likeness (QED) is 0.324. The molecule has 1 aliphatic carbocycles. The second-order valence-electron chi connectivity index (χ2n) is 8.08. The fourth-order valence-electron chi connectivity index (χ4n) is 3.71. The van der Waals surface area contributed by atoms with Crippen molar-refractivity contribution in [1.82, 2.24) is 0 Å². The van der Waals surface area contributed by atoms with Crippen LogP contribution in [0.2, 0.25) is 10.0 Å². The van der Waals surface area contributed by atoms with Crippen LogP contribution in [-0.2, 0) is 6.42 Å². The van der Waals surface area contributed by atoms with Gasteiger partial charge in [-0.1, -0.05) is 53.6 Å². The van der Waals surface area contributed by atoms with Gasteiger partial charge in [-0.25, -0.2) is 4.39 Å². The lowest BCUT2D eigenvalue weighted by Crippen LogP contribution is -2.12. The van der Waals surface area contributed by atoms with Crippen LogP contribution in [0.25, 0.3) is 5.57 Å². The number of carbonyl (C=O) groups excluding carboxylic acids is 1. The molecule has 4 nitrogen and oxygen atoms in total. The number of allylic oxidation sites excluding steroid dienone is 6. The van der Waals surface area contributed by atoms with Crippen LogP contribution in [0.3, 0.4) is 0 Å². The van der Waals surface area contributed by atoms with Crippen molar-refractivity contribution in [2.24, 2.45) is 0 Å². The minimum atomic E-state index is -0.280. The summed E-state index contributed by atoms with van der Waals surface area (Å²) in [6, 6.07) is 17.8. The number of halogens is 3. The molecule has 0 aliphatic heterocycles. The molecule has 3 aromatic carbocycles. The van der Waals surface area contributed by atoms with Crippen molar-refractivity contribution in [3.8, 4) is 11.5 Å². The summed E-state index contributed by atoms with van der Waals surface area (Å²) >= 11 is 12.2. The molecule has 0 bridgehead atoms. The van der Waals surface area contributed by atoms with Crippen LogP contribution >= 0.6 is 23.2 Å². The van der Waals surface area contributed by atoms with Gasteiger partial charge in [-0.3, -0.25) is 4.79 Å². The van der Waals surface area contributed by atoms with E-state index in [9.17, 15) is 9.18 Å². The molecule has 1 N–H and O–H groups in total. The van der Waals surface area contributed by atoms with E-state index in [0.29, 0.717) is 52.2 Å². The minimum Gasteiger partial charge on any atom is -0.493 e. The van der Waals surface area contributed by atoms with Crippen LogP contribution < -0.4 is 14.8 Å². The summed E-state index contributed by atoms with van der Waals surface area (Å²) in [5.41, 5.74) is 3.94. The van der Waals surface area contributed by atoms with E-state index >= 15 is 0 Å². The van der Waals surface area contributed by atoms with Gasteiger partial charge < -0.3 is 14.8 Å². The maximum absolute atomic E-state index is 13.4.